The molecule has 0 fully saturated rings. The van der Waals surface area contributed by atoms with Crippen LogP contribution in [0.25, 0.3) is 11.1 Å². The van der Waals surface area contributed by atoms with Crippen LogP contribution in [0.15, 0.2) is 36.4 Å². The average molecular weight is 192 g/mol. The fourth-order valence-electron chi connectivity index (χ4n) is 2.50. The predicted octanol–water partition coefficient (Wildman–Crippen LogP) is 3.59. The van der Waals surface area contributed by atoms with Crippen LogP contribution in [0.3, 0.4) is 0 Å². The maximum absolute atomic E-state index is 3.37. The first kappa shape index (κ1) is 8.72. The number of fused-ring (bicyclic) bond motifs is 3. The highest BCUT2D eigenvalue weighted by Crippen LogP contribution is 2.47. The first-order valence-corrected chi connectivity index (χ1v) is 5.23. The third-order valence-electron chi connectivity index (χ3n) is 3.31. The molecule has 2 aromatic rings. The molecule has 0 N–H and O–H groups in total. The molecule has 2 aromatic carbocycles. The van der Waals surface area contributed by atoms with Crippen molar-refractivity contribution >= 4 is 0 Å². The Balaban J connectivity index is 2.42. The molecule has 1 aliphatic carbocycles. The van der Waals surface area contributed by atoms with E-state index in [1.807, 2.05) is 12.1 Å². The van der Waals surface area contributed by atoms with E-state index in [0.29, 0.717) is 0 Å². The summed E-state index contributed by atoms with van der Waals surface area (Å²) in [5.41, 5.74) is 5.41. The summed E-state index contributed by atoms with van der Waals surface area (Å²) < 4.78 is 0. The lowest BCUT2D eigenvalue weighted by atomic mass is 9.82. The molecular weight excluding hydrogens is 180 g/mol. The van der Waals surface area contributed by atoms with E-state index < -0.39 is 0 Å². The Morgan fingerprint density at radius 2 is 1.93 bits per heavy atom. The summed E-state index contributed by atoms with van der Waals surface area (Å²) in [5, 5.41) is 0. The Bertz CT molecular complexity index is 474. The summed E-state index contributed by atoms with van der Waals surface area (Å²) in [7, 11) is 0. The van der Waals surface area contributed by atoms with Crippen LogP contribution < -0.4 is 0 Å². The Kier molecular flexibility index (Phi) is 1.59. The summed E-state index contributed by atoms with van der Waals surface area (Å²) in [6.07, 6.45) is 0. The molecular formula is C15H12. The monoisotopic (exact) mass is 192 g/mol. The fourth-order valence-corrected chi connectivity index (χ4v) is 2.50. The largest absolute Gasteiger partial charge is 0.0610 e. The zero-order valence-corrected chi connectivity index (χ0v) is 8.96. The van der Waals surface area contributed by atoms with E-state index >= 15 is 0 Å². The molecule has 0 aromatic heterocycles. The third-order valence-corrected chi connectivity index (χ3v) is 3.31. The molecule has 72 valence electrons. The van der Waals surface area contributed by atoms with Crippen LogP contribution in [0, 0.1) is 12.1 Å². The van der Waals surface area contributed by atoms with Gasteiger partial charge in [-0.25, -0.2) is 0 Å². The molecule has 0 saturated carbocycles. The topological polar surface area (TPSA) is 0 Å². The smallest absolute Gasteiger partial charge is 0.0165 e. The summed E-state index contributed by atoms with van der Waals surface area (Å²) >= 11 is 0. The van der Waals surface area contributed by atoms with Crippen molar-refractivity contribution in [3.63, 3.8) is 0 Å². The minimum Gasteiger partial charge on any atom is -0.0610 e. The summed E-state index contributed by atoms with van der Waals surface area (Å²) in [6.45, 7) is 4.50. The maximum Gasteiger partial charge on any atom is 0.0165 e. The molecule has 0 aliphatic heterocycles. The molecule has 0 spiro atoms. The van der Waals surface area contributed by atoms with Crippen LogP contribution in [0.2, 0.25) is 0 Å². The van der Waals surface area contributed by atoms with E-state index in [0.717, 1.165) is 0 Å². The molecule has 3 rings (SSSR count). The van der Waals surface area contributed by atoms with Crippen molar-refractivity contribution in [2.45, 2.75) is 19.3 Å². The van der Waals surface area contributed by atoms with Gasteiger partial charge in [0.2, 0.25) is 0 Å². The summed E-state index contributed by atoms with van der Waals surface area (Å²) in [5.74, 6) is 0. The highest BCUT2D eigenvalue weighted by Gasteiger charge is 2.34. The molecule has 0 heterocycles. The average Bonchev–Trinajstić information content (AvgIpc) is 2.51. The van der Waals surface area contributed by atoms with Gasteiger partial charge >= 0.3 is 0 Å². The quantitative estimate of drug-likeness (QED) is 0.598. The van der Waals surface area contributed by atoms with Crippen molar-refractivity contribution in [1.82, 2.24) is 0 Å². The highest BCUT2D eigenvalue weighted by molar-refractivity contribution is 5.80. The van der Waals surface area contributed by atoms with Crippen molar-refractivity contribution < 1.29 is 0 Å². The molecule has 0 saturated heterocycles. The van der Waals surface area contributed by atoms with Gasteiger partial charge in [-0.15, -0.1) is 0 Å². The van der Waals surface area contributed by atoms with Gasteiger partial charge in [-0.05, 0) is 40.5 Å². The lowest BCUT2D eigenvalue weighted by Gasteiger charge is -2.20. The molecule has 15 heavy (non-hydrogen) atoms. The van der Waals surface area contributed by atoms with Gasteiger partial charge in [0.15, 0.2) is 0 Å². The fraction of sp³-hybridized carbons (Fsp3) is 0.200. The Morgan fingerprint density at radius 1 is 1.07 bits per heavy atom. The normalized spacial score (nSPS) is 15.9. The molecule has 0 heteroatoms. The van der Waals surface area contributed by atoms with Crippen LogP contribution in [0.1, 0.15) is 25.0 Å². The lowest BCUT2D eigenvalue weighted by molar-refractivity contribution is 0.659. The van der Waals surface area contributed by atoms with Gasteiger partial charge in [0.25, 0.3) is 0 Å². The highest BCUT2D eigenvalue weighted by atomic mass is 14.4. The Hall–Kier alpha value is -1.56. The van der Waals surface area contributed by atoms with Crippen LogP contribution in [0.5, 0.6) is 0 Å². The predicted molar refractivity (Wildman–Crippen MR) is 61.7 cm³/mol. The second-order valence-corrected chi connectivity index (χ2v) is 4.56. The van der Waals surface area contributed by atoms with Gasteiger partial charge in [0.05, 0.1) is 0 Å². The maximum atomic E-state index is 3.37. The SMILES string of the molecule is CC1(C)c2[c]cccc2-c2cc[c]cc21. The minimum absolute atomic E-state index is 0.0731. The Morgan fingerprint density at radius 3 is 2.80 bits per heavy atom. The number of hydrogen-bond donors (Lipinski definition) is 0. The van der Waals surface area contributed by atoms with Crippen molar-refractivity contribution in [1.29, 1.82) is 0 Å². The molecule has 0 nitrogen and oxygen atoms in total. The molecule has 0 atom stereocenters. The van der Waals surface area contributed by atoms with E-state index in [1.165, 1.54) is 22.3 Å². The van der Waals surface area contributed by atoms with Crippen molar-refractivity contribution in [2.24, 2.45) is 0 Å². The summed E-state index contributed by atoms with van der Waals surface area (Å²) in [6, 6.07) is 19.0. The third kappa shape index (κ3) is 1.02. The number of rotatable bonds is 0. The number of hydrogen-bond acceptors (Lipinski definition) is 0. The first-order valence-electron chi connectivity index (χ1n) is 5.23. The van der Waals surface area contributed by atoms with Crippen LogP contribution >= 0.6 is 0 Å². The molecule has 2 radical (unpaired) electrons. The van der Waals surface area contributed by atoms with Crippen molar-refractivity contribution in [3.05, 3.63) is 59.7 Å². The van der Waals surface area contributed by atoms with E-state index in [4.69, 9.17) is 0 Å². The van der Waals surface area contributed by atoms with Gasteiger partial charge in [-0.1, -0.05) is 44.2 Å². The lowest BCUT2D eigenvalue weighted by Crippen LogP contribution is -2.14. The summed E-state index contributed by atoms with van der Waals surface area (Å²) in [4.78, 5) is 0. The van der Waals surface area contributed by atoms with Crippen LogP contribution in [-0.2, 0) is 5.41 Å². The van der Waals surface area contributed by atoms with Gasteiger partial charge in [-0.3, -0.25) is 0 Å². The number of benzene rings is 2. The minimum atomic E-state index is 0.0731. The van der Waals surface area contributed by atoms with E-state index in [2.05, 4.69) is 50.2 Å². The van der Waals surface area contributed by atoms with Crippen LogP contribution in [0.4, 0.5) is 0 Å². The molecule has 0 bridgehead atoms. The van der Waals surface area contributed by atoms with Crippen LogP contribution in [-0.4, -0.2) is 0 Å². The van der Waals surface area contributed by atoms with Gasteiger partial charge in [0, 0.05) is 5.41 Å². The van der Waals surface area contributed by atoms with Gasteiger partial charge in [-0.2, -0.15) is 0 Å². The molecule has 1 aliphatic rings. The van der Waals surface area contributed by atoms with Gasteiger partial charge < -0.3 is 0 Å². The molecule has 0 unspecified atom stereocenters. The zero-order chi connectivity index (χ0) is 10.5. The van der Waals surface area contributed by atoms with Crippen molar-refractivity contribution in [2.75, 3.05) is 0 Å². The molecule has 0 amide bonds. The van der Waals surface area contributed by atoms with E-state index in [1.54, 1.807) is 0 Å². The Labute approximate surface area is 90.6 Å². The second-order valence-electron chi connectivity index (χ2n) is 4.56. The van der Waals surface area contributed by atoms with E-state index in [-0.39, 0.29) is 5.41 Å². The second kappa shape index (κ2) is 2.73. The van der Waals surface area contributed by atoms with Crippen molar-refractivity contribution in [3.8, 4) is 11.1 Å². The van der Waals surface area contributed by atoms with Gasteiger partial charge in [0.1, 0.15) is 0 Å². The standard InChI is InChI=1S/C15H12/c1-15(2)13-9-5-3-7-11(13)12-8-4-6-10-14(12)15/h3-5,7-8,10H,1-2H3. The van der Waals surface area contributed by atoms with E-state index in [9.17, 15) is 0 Å². The first-order chi connectivity index (χ1) is 7.21. The zero-order valence-electron chi connectivity index (χ0n) is 8.96.